The van der Waals surface area contributed by atoms with Gasteiger partial charge in [-0.2, -0.15) is 0 Å². The van der Waals surface area contributed by atoms with E-state index in [1.807, 2.05) is 13.8 Å². The molecular formula is C14H21FN4O. The molecule has 1 aromatic rings. The van der Waals surface area contributed by atoms with Crippen LogP contribution in [0.25, 0.3) is 0 Å². The first-order valence-electron chi connectivity index (χ1n) is 6.53. The molecular weight excluding hydrogens is 259 g/mol. The first-order valence-corrected chi connectivity index (χ1v) is 6.53. The summed E-state index contributed by atoms with van der Waals surface area (Å²) in [6, 6.07) is 5.42. The van der Waals surface area contributed by atoms with Gasteiger partial charge in [0, 0.05) is 25.2 Å². The van der Waals surface area contributed by atoms with Crippen molar-refractivity contribution in [3.63, 3.8) is 0 Å². The lowest BCUT2D eigenvalue weighted by atomic mass is 10.2. The molecule has 0 aromatic heterocycles. The molecule has 0 unspecified atom stereocenters. The van der Waals surface area contributed by atoms with Crippen LogP contribution < -0.4 is 11.1 Å². The largest absolute Gasteiger partial charge is 0.388 e. The van der Waals surface area contributed by atoms with Crippen LogP contribution in [-0.4, -0.2) is 29.9 Å². The van der Waals surface area contributed by atoms with Gasteiger partial charge >= 0.3 is 6.03 Å². The lowest BCUT2D eigenvalue weighted by molar-refractivity contribution is 0.206. The van der Waals surface area contributed by atoms with E-state index < -0.39 is 5.82 Å². The van der Waals surface area contributed by atoms with E-state index in [1.165, 1.54) is 18.2 Å². The summed E-state index contributed by atoms with van der Waals surface area (Å²) >= 11 is 0. The third-order valence-electron chi connectivity index (χ3n) is 2.60. The van der Waals surface area contributed by atoms with Crippen LogP contribution in [0, 0.1) is 17.1 Å². The van der Waals surface area contributed by atoms with Gasteiger partial charge in [0.05, 0.1) is 5.84 Å². The molecule has 6 heteroatoms. The SMILES string of the molecule is CC(C)CN(CCC(=N)N)C(=O)Nc1cccc(F)c1. The summed E-state index contributed by atoms with van der Waals surface area (Å²) in [5.74, 6) is -0.0699. The van der Waals surface area contributed by atoms with Gasteiger partial charge in [0.15, 0.2) is 0 Å². The average Bonchev–Trinajstić information content (AvgIpc) is 2.33. The third-order valence-corrected chi connectivity index (χ3v) is 2.60. The molecule has 0 saturated carbocycles. The maximum atomic E-state index is 13.1. The number of amidine groups is 1. The maximum Gasteiger partial charge on any atom is 0.321 e. The number of nitrogens with two attached hydrogens (primary N) is 1. The lowest BCUT2D eigenvalue weighted by Crippen LogP contribution is -2.39. The molecule has 0 fully saturated rings. The van der Waals surface area contributed by atoms with Crippen LogP contribution in [0.15, 0.2) is 24.3 Å². The quantitative estimate of drug-likeness (QED) is 0.553. The van der Waals surface area contributed by atoms with Gasteiger partial charge < -0.3 is 16.0 Å². The molecule has 0 bridgehead atoms. The van der Waals surface area contributed by atoms with Crippen molar-refractivity contribution >= 4 is 17.6 Å². The van der Waals surface area contributed by atoms with E-state index >= 15 is 0 Å². The van der Waals surface area contributed by atoms with Gasteiger partial charge in [0.25, 0.3) is 0 Å². The molecule has 5 nitrogen and oxygen atoms in total. The van der Waals surface area contributed by atoms with Gasteiger partial charge in [-0.1, -0.05) is 19.9 Å². The van der Waals surface area contributed by atoms with Crippen LogP contribution in [0.5, 0.6) is 0 Å². The van der Waals surface area contributed by atoms with Gasteiger partial charge in [-0.15, -0.1) is 0 Å². The topological polar surface area (TPSA) is 82.2 Å². The summed E-state index contributed by atoms with van der Waals surface area (Å²) in [6.45, 7) is 4.91. The highest BCUT2D eigenvalue weighted by atomic mass is 19.1. The van der Waals surface area contributed by atoms with E-state index in [0.717, 1.165) is 0 Å². The minimum Gasteiger partial charge on any atom is -0.388 e. The number of urea groups is 1. The van der Waals surface area contributed by atoms with Crippen LogP contribution in [-0.2, 0) is 0 Å². The number of amides is 2. The normalized spacial score (nSPS) is 10.4. The first kappa shape index (κ1) is 15.9. The van der Waals surface area contributed by atoms with Crippen molar-refractivity contribution < 1.29 is 9.18 Å². The summed E-state index contributed by atoms with van der Waals surface area (Å²) in [4.78, 5) is 13.7. The monoisotopic (exact) mass is 280 g/mol. The molecule has 110 valence electrons. The zero-order valence-electron chi connectivity index (χ0n) is 11.8. The summed E-state index contributed by atoms with van der Waals surface area (Å²) in [5.41, 5.74) is 5.73. The van der Waals surface area contributed by atoms with Gasteiger partial charge in [0.2, 0.25) is 0 Å². The second-order valence-corrected chi connectivity index (χ2v) is 5.06. The maximum absolute atomic E-state index is 13.1. The zero-order chi connectivity index (χ0) is 15.1. The Morgan fingerprint density at radius 3 is 2.75 bits per heavy atom. The lowest BCUT2D eigenvalue weighted by Gasteiger charge is -2.24. The zero-order valence-corrected chi connectivity index (χ0v) is 11.8. The van der Waals surface area contributed by atoms with Gasteiger partial charge in [-0.05, 0) is 24.1 Å². The van der Waals surface area contributed by atoms with Crippen molar-refractivity contribution in [2.24, 2.45) is 11.7 Å². The number of hydrogen-bond donors (Lipinski definition) is 3. The molecule has 0 aliphatic rings. The van der Waals surface area contributed by atoms with Crippen LogP contribution in [0.3, 0.4) is 0 Å². The van der Waals surface area contributed by atoms with E-state index in [2.05, 4.69) is 5.32 Å². The minimum atomic E-state index is -0.401. The fourth-order valence-electron chi connectivity index (χ4n) is 1.74. The number of rotatable bonds is 6. The summed E-state index contributed by atoms with van der Waals surface area (Å²) in [5, 5.41) is 9.88. The highest BCUT2D eigenvalue weighted by Crippen LogP contribution is 2.11. The Kier molecular flexibility index (Phi) is 5.96. The standard InChI is InChI=1S/C14H21FN4O/c1-10(2)9-19(7-6-13(16)17)14(20)18-12-5-3-4-11(15)8-12/h3-5,8,10H,6-7,9H2,1-2H3,(H3,16,17)(H,18,20). The minimum absolute atomic E-state index is 0.0392. The van der Waals surface area contributed by atoms with E-state index in [0.29, 0.717) is 31.1 Å². The summed E-state index contributed by atoms with van der Waals surface area (Å²) in [6.07, 6.45) is 0.323. The van der Waals surface area contributed by atoms with E-state index in [4.69, 9.17) is 11.1 Å². The van der Waals surface area contributed by atoms with Crippen molar-refractivity contribution in [2.45, 2.75) is 20.3 Å². The predicted molar refractivity (Wildman–Crippen MR) is 78.4 cm³/mol. The number of nitrogens with zero attached hydrogens (tertiary/aromatic N) is 1. The average molecular weight is 280 g/mol. The Labute approximate surface area is 118 Å². The van der Waals surface area contributed by atoms with Crippen molar-refractivity contribution in [1.82, 2.24) is 4.90 Å². The molecule has 4 N–H and O–H groups in total. The molecule has 0 radical (unpaired) electrons. The smallest absolute Gasteiger partial charge is 0.321 e. The molecule has 0 spiro atoms. The Bertz CT molecular complexity index is 476. The molecule has 1 aromatic carbocycles. The van der Waals surface area contributed by atoms with E-state index in [-0.39, 0.29) is 11.9 Å². The number of benzene rings is 1. The van der Waals surface area contributed by atoms with Crippen LogP contribution >= 0.6 is 0 Å². The molecule has 0 aliphatic heterocycles. The molecule has 0 heterocycles. The van der Waals surface area contributed by atoms with Crippen molar-refractivity contribution in [3.05, 3.63) is 30.1 Å². The Balaban J connectivity index is 2.69. The number of anilines is 1. The second-order valence-electron chi connectivity index (χ2n) is 5.06. The van der Waals surface area contributed by atoms with Crippen LogP contribution in [0.1, 0.15) is 20.3 Å². The molecule has 1 rings (SSSR count). The highest BCUT2D eigenvalue weighted by Gasteiger charge is 2.15. The van der Waals surface area contributed by atoms with Crippen LogP contribution in [0.4, 0.5) is 14.9 Å². The molecule has 0 aliphatic carbocycles. The Morgan fingerprint density at radius 2 is 2.20 bits per heavy atom. The Morgan fingerprint density at radius 1 is 1.50 bits per heavy atom. The number of halogens is 1. The third kappa shape index (κ3) is 5.69. The van der Waals surface area contributed by atoms with Gasteiger partial charge in [-0.3, -0.25) is 5.41 Å². The molecule has 2 amide bonds. The number of nitrogens with one attached hydrogen (secondary N) is 2. The highest BCUT2D eigenvalue weighted by molar-refractivity contribution is 5.89. The van der Waals surface area contributed by atoms with Crippen molar-refractivity contribution in [3.8, 4) is 0 Å². The van der Waals surface area contributed by atoms with E-state index in [1.54, 1.807) is 11.0 Å². The number of carbonyl (C=O) groups excluding carboxylic acids is 1. The molecule has 0 atom stereocenters. The Hall–Kier alpha value is -2.11. The van der Waals surface area contributed by atoms with Gasteiger partial charge in [-0.25, -0.2) is 9.18 Å². The molecule has 0 saturated heterocycles. The van der Waals surface area contributed by atoms with Crippen molar-refractivity contribution in [2.75, 3.05) is 18.4 Å². The van der Waals surface area contributed by atoms with Crippen molar-refractivity contribution in [1.29, 1.82) is 5.41 Å². The van der Waals surface area contributed by atoms with Gasteiger partial charge in [0.1, 0.15) is 5.82 Å². The second kappa shape index (κ2) is 7.47. The fraction of sp³-hybridized carbons (Fsp3) is 0.429. The number of carbonyl (C=O) groups is 1. The van der Waals surface area contributed by atoms with E-state index in [9.17, 15) is 9.18 Å². The summed E-state index contributed by atoms with van der Waals surface area (Å²) in [7, 11) is 0. The fourth-order valence-corrected chi connectivity index (χ4v) is 1.74. The number of hydrogen-bond acceptors (Lipinski definition) is 2. The van der Waals surface area contributed by atoms with Crippen LogP contribution in [0.2, 0.25) is 0 Å². The predicted octanol–water partition coefficient (Wildman–Crippen LogP) is 2.64. The summed E-state index contributed by atoms with van der Waals surface area (Å²) < 4.78 is 13.1. The molecule has 20 heavy (non-hydrogen) atoms. The first-order chi connectivity index (χ1) is 9.38.